The van der Waals surface area contributed by atoms with Crippen molar-refractivity contribution in [2.45, 2.75) is 43.7 Å². The number of rotatable bonds is 6. The summed E-state index contributed by atoms with van der Waals surface area (Å²) in [6, 6.07) is 6.49. The van der Waals surface area contributed by atoms with Gasteiger partial charge in [-0.2, -0.15) is 4.98 Å². The largest absolute Gasteiger partial charge is 0.339 e. The standard InChI is InChI=1S/C17H20FN3O2S/c1-11(2)21-8-7-14(17(21)22)24-10-16-19-15(20-23-16)9-12-3-5-13(18)6-4-12/h3-6,11,14H,7-10H2,1-2H3. The van der Waals surface area contributed by atoms with Crippen LogP contribution in [0.3, 0.4) is 0 Å². The van der Waals surface area contributed by atoms with Gasteiger partial charge >= 0.3 is 0 Å². The fourth-order valence-electron chi connectivity index (χ4n) is 2.72. The number of halogens is 1. The van der Waals surface area contributed by atoms with Gasteiger partial charge in [-0.15, -0.1) is 11.8 Å². The van der Waals surface area contributed by atoms with E-state index in [-0.39, 0.29) is 23.0 Å². The molecule has 0 radical (unpaired) electrons. The number of thioether (sulfide) groups is 1. The summed E-state index contributed by atoms with van der Waals surface area (Å²) in [6.45, 7) is 4.88. The highest BCUT2D eigenvalue weighted by Crippen LogP contribution is 2.27. The number of hydrogen-bond donors (Lipinski definition) is 0. The molecule has 1 unspecified atom stereocenters. The second-order valence-electron chi connectivity index (χ2n) is 6.12. The van der Waals surface area contributed by atoms with Crippen molar-refractivity contribution in [1.82, 2.24) is 15.0 Å². The van der Waals surface area contributed by atoms with Gasteiger partial charge in [0.05, 0.1) is 11.0 Å². The first-order chi connectivity index (χ1) is 11.5. The fraction of sp³-hybridized carbons (Fsp3) is 0.471. The van der Waals surface area contributed by atoms with E-state index in [0.717, 1.165) is 18.5 Å². The van der Waals surface area contributed by atoms with E-state index < -0.39 is 0 Å². The maximum atomic E-state index is 12.9. The van der Waals surface area contributed by atoms with Crippen molar-refractivity contribution in [3.05, 3.63) is 47.4 Å². The summed E-state index contributed by atoms with van der Waals surface area (Å²) in [5, 5.41) is 3.92. The first-order valence-electron chi connectivity index (χ1n) is 8.01. The monoisotopic (exact) mass is 349 g/mol. The lowest BCUT2D eigenvalue weighted by molar-refractivity contribution is -0.128. The zero-order valence-electron chi connectivity index (χ0n) is 13.7. The number of amides is 1. The number of carbonyl (C=O) groups is 1. The zero-order chi connectivity index (χ0) is 17.1. The van der Waals surface area contributed by atoms with Crippen LogP contribution in [0.1, 0.15) is 37.5 Å². The first kappa shape index (κ1) is 17.0. The Bertz CT molecular complexity index is 702. The van der Waals surface area contributed by atoms with Crippen LogP contribution in [-0.4, -0.2) is 38.8 Å². The van der Waals surface area contributed by atoms with Gasteiger partial charge in [0.1, 0.15) is 5.82 Å². The highest BCUT2D eigenvalue weighted by molar-refractivity contribution is 7.99. The van der Waals surface area contributed by atoms with E-state index in [0.29, 0.717) is 23.9 Å². The van der Waals surface area contributed by atoms with Gasteiger partial charge in [-0.05, 0) is 38.0 Å². The van der Waals surface area contributed by atoms with E-state index in [2.05, 4.69) is 10.1 Å². The van der Waals surface area contributed by atoms with Crippen LogP contribution in [0.15, 0.2) is 28.8 Å². The molecule has 1 aliphatic heterocycles. The van der Waals surface area contributed by atoms with Crippen molar-refractivity contribution in [3.8, 4) is 0 Å². The molecule has 3 rings (SSSR count). The Kier molecular flexibility index (Phi) is 5.18. The van der Waals surface area contributed by atoms with Crippen LogP contribution in [-0.2, 0) is 17.0 Å². The summed E-state index contributed by atoms with van der Waals surface area (Å²) in [4.78, 5) is 18.5. The Balaban J connectivity index is 1.53. The molecule has 1 atom stereocenters. The maximum absolute atomic E-state index is 12.9. The van der Waals surface area contributed by atoms with Gasteiger partial charge in [0.2, 0.25) is 11.8 Å². The molecule has 128 valence electrons. The topological polar surface area (TPSA) is 59.2 Å². The Morgan fingerprint density at radius 3 is 2.79 bits per heavy atom. The summed E-state index contributed by atoms with van der Waals surface area (Å²) < 4.78 is 18.2. The highest BCUT2D eigenvalue weighted by Gasteiger charge is 2.33. The van der Waals surface area contributed by atoms with E-state index >= 15 is 0 Å². The number of benzene rings is 1. The third-order valence-corrected chi connectivity index (χ3v) is 5.26. The van der Waals surface area contributed by atoms with Crippen molar-refractivity contribution in [2.75, 3.05) is 6.54 Å². The molecule has 2 heterocycles. The molecule has 1 aromatic carbocycles. The minimum absolute atomic E-state index is 0.0279. The second kappa shape index (κ2) is 7.34. The van der Waals surface area contributed by atoms with Crippen molar-refractivity contribution < 1.29 is 13.7 Å². The Labute approximate surface area is 144 Å². The van der Waals surface area contributed by atoms with Gasteiger partial charge in [-0.1, -0.05) is 17.3 Å². The number of hydrogen-bond acceptors (Lipinski definition) is 5. The van der Waals surface area contributed by atoms with Crippen LogP contribution < -0.4 is 0 Å². The molecule has 1 fully saturated rings. The Morgan fingerprint density at radius 2 is 2.12 bits per heavy atom. The number of nitrogens with zero attached hydrogens (tertiary/aromatic N) is 3. The highest BCUT2D eigenvalue weighted by atomic mass is 32.2. The molecule has 0 saturated carbocycles. The van der Waals surface area contributed by atoms with Crippen LogP contribution >= 0.6 is 11.8 Å². The average molecular weight is 349 g/mol. The van der Waals surface area contributed by atoms with Gasteiger partial charge in [0, 0.05) is 19.0 Å². The molecular formula is C17H20FN3O2S. The van der Waals surface area contributed by atoms with E-state index in [1.165, 1.54) is 12.1 Å². The molecular weight excluding hydrogens is 329 g/mol. The minimum Gasteiger partial charge on any atom is -0.339 e. The van der Waals surface area contributed by atoms with E-state index in [9.17, 15) is 9.18 Å². The lowest BCUT2D eigenvalue weighted by Crippen LogP contribution is -2.34. The van der Waals surface area contributed by atoms with Crippen LogP contribution in [0.25, 0.3) is 0 Å². The molecule has 0 bridgehead atoms. The molecule has 1 aromatic heterocycles. The second-order valence-corrected chi connectivity index (χ2v) is 7.31. The molecule has 1 amide bonds. The van der Waals surface area contributed by atoms with Crippen LogP contribution in [0.4, 0.5) is 4.39 Å². The van der Waals surface area contributed by atoms with Crippen LogP contribution in [0.2, 0.25) is 0 Å². The van der Waals surface area contributed by atoms with Crippen LogP contribution in [0.5, 0.6) is 0 Å². The molecule has 0 aliphatic carbocycles. The molecule has 1 aliphatic rings. The Hall–Kier alpha value is -1.89. The fourth-order valence-corrected chi connectivity index (χ4v) is 3.73. The summed E-state index contributed by atoms with van der Waals surface area (Å²) in [7, 11) is 0. The van der Waals surface area contributed by atoms with E-state index in [1.54, 1.807) is 23.9 Å². The predicted octanol–water partition coefficient (Wildman–Crippen LogP) is 3.04. The molecule has 1 saturated heterocycles. The van der Waals surface area contributed by atoms with Gasteiger partial charge in [-0.3, -0.25) is 4.79 Å². The first-order valence-corrected chi connectivity index (χ1v) is 9.06. The molecule has 7 heteroatoms. The molecule has 5 nitrogen and oxygen atoms in total. The van der Waals surface area contributed by atoms with Crippen molar-refractivity contribution >= 4 is 17.7 Å². The smallest absolute Gasteiger partial charge is 0.236 e. The summed E-state index contributed by atoms with van der Waals surface area (Å²) >= 11 is 1.55. The number of likely N-dealkylation sites (tertiary alicyclic amines) is 1. The SMILES string of the molecule is CC(C)N1CCC(SCc2nc(Cc3ccc(F)cc3)no2)C1=O. The van der Waals surface area contributed by atoms with E-state index in [1.807, 2.05) is 18.7 Å². The minimum atomic E-state index is -0.263. The van der Waals surface area contributed by atoms with Gasteiger partial charge in [-0.25, -0.2) is 4.39 Å². The quantitative estimate of drug-likeness (QED) is 0.802. The van der Waals surface area contributed by atoms with Gasteiger partial charge in [0.15, 0.2) is 5.82 Å². The number of aromatic nitrogens is 2. The normalized spacial score (nSPS) is 17.9. The van der Waals surface area contributed by atoms with Gasteiger partial charge in [0.25, 0.3) is 0 Å². The number of carbonyl (C=O) groups excluding carboxylic acids is 1. The van der Waals surface area contributed by atoms with Crippen LogP contribution in [0, 0.1) is 5.82 Å². The average Bonchev–Trinajstić information content (AvgIpc) is 3.14. The Morgan fingerprint density at radius 1 is 1.38 bits per heavy atom. The third kappa shape index (κ3) is 3.95. The molecule has 0 N–H and O–H groups in total. The third-order valence-electron chi connectivity index (χ3n) is 4.01. The van der Waals surface area contributed by atoms with Crippen molar-refractivity contribution in [2.24, 2.45) is 0 Å². The summed E-state index contributed by atoms with van der Waals surface area (Å²) in [6.07, 6.45) is 1.36. The van der Waals surface area contributed by atoms with Gasteiger partial charge < -0.3 is 9.42 Å². The van der Waals surface area contributed by atoms with E-state index in [4.69, 9.17) is 4.52 Å². The zero-order valence-corrected chi connectivity index (χ0v) is 14.6. The molecule has 24 heavy (non-hydrogen) atoms. The van der Waals surface area contributed by atoms with Crippen molar-refractivity contribution in [1.29, 1.82) is 0 Å². The molecule has 0 spiro atoms. The predicted molar refractivity (Wildman–Crippen MR) is 90.1 cm³/mol. The lowest BCUT2D eigenvalue weighted by atomic mass is 10.1. The summed E-state index contributed by atoms with van der Waals surface area (Å²) in [5.41, 5.74) is 0.926. The summed E-state index contributed by atoms with van der Waals surface area (Å²) in [5.74, 6) is 1.55. The lowest BCUT2D eigenvalue weighted by Gasteiger charge is -2.20. The molecule has 2 aromatic rings. The maximum Gasteiger partial charge on any atom is 0.236 e. The van der Waals surface area contributed by atoms with Crippen molar-refractivity contribution in [3.63, 3.8) is 0 Å².